The molecule has 0 bridgehead atoms. The van der Waals surface area contributed by atoms with Gasteiger partial charge in [-0.15, -0.1) is 0 Å². The van der Waals surface area contributed by atoms with E-state index in [1.54, 1.807) is 12.1 Å². The molecular formula is C12H16O2. The van der Waals surface area contributed by atoms with Crippen molar-refractivity contribution >= 4 is 5.78 Å². The van der Waals surface area contributed by atoms with Gasteiger partial charge in [0.2, 0.25) is 0 Å². The number of benzene rings is 1. The van der Waals surface area contributed by atoms with Crippen LogP contribution in [0.25, 0.3) is 0 Å². The Kier molecular flexibility index (Phi) is 2.65. The fraction of sp³-hybridized carbons (Fsp3) is 0.417. The van der Waals surface area contributed by atoms with Crippen LogP contribution >= 0.6 is 0 Å². The molecule has 0 aliphatic carbocycles. The summed E-state index contributed by atoms with van der Waals surface area (Å²) in [5.41, 5.74) is 1.45. The average Bonchev–Trinajstić information content (AvgIpc) is 2.02. The summed E-state index contributed by atoms with van der Waals surface area (Å²) >= 11 is 0. The quantitative estimate of drug-likeness (QED) is 0.695. The molecule has 0 radical (unpaired) electrons. The van der Waals surface area contributed by atoms with E-state index in [1.807, 2.05) is 6.07 Å². The Morgan fingerprint density at radius 3 is 2.29 bits per heavy atom. The topological polar surface area (TPSA) is 37.3 Å². The van der Waals surface area contributed by atoms with E-state index in [1.165, 1.54) is 6.92 Å². The van der Waals surface area contributed by atoms with Crippen LogP contribution in [-0.2, 0) is 5.41 Å². The molecule has 1 aromatic carbocycles. The zero-order valence-electron chi connectivity index (χ0n) is 9.09. The molecule has 14 heavy (non-hydrogen) atoms. The van der Waals surface area contributed by atoms with E-state index in [2.05, 4.69) is 20.8 Å². The number of hydrogen-bond acceptors (Lipinski definition) is 2. The number of hydrogen-bond donors (Lipinski definition) is 1. The molecule has 0 aliphatic heterocycles. The van der Waals surface area contributed by atoms with Crippen molar-refractivity contribution in [2.24, 2.45) is 0 Å². The lowest BCUT2D eigenvalue weighted by Crippen LogP contribution is -2.11. The average molecular weight is 192 g/mol. The Morgan fingerprint density at radius 2 is 1.86 bits per heavy atom. The summed E-state index contributed by atoms with van der Waals surface area (Å²) in [6.45, 7) is 7.68. The Balaban J connectivity index is 3.27. The smallest absolute Gasteiger partial charge is 0.163 e. The highest BCUT2D eigenvalue weighted by Crippen LogP contribution is 2.27. The molecule has 0 spiro atoms. The highest BCUT2D eigenvalue weighted by Gasteiger charge is 2.16. The zero-order valence-corrected chi connectivity index (χ0v) is 9.09. The van der Waals surface area contributed by atoms with Crippen molar-refractivity contribution in [3.63, 3.8) is 0 Å². The number of rotatable bonds is 1. The van der Waals surface area contributed by atoms with Crippen LogP contribution in [0.3, 0.4) is 0 Å². The predicted molar refractivity (Wildman–Crippen MR) is 56.8 cm³/mol. The predicted octanol–water partition coefficient (Wildman–Crippen LogP) is 2.89. The fourth-order valence-electron chi connectivity index (χ4n) is 1.28. The molecule has 0 amide bonds. The van der Waals surface area contributed by atoms with Gasteiger partial charge in [-0.05, 0) is 30.0 Å². The summed E-state index contributed by atoms with van der Waals surface area (Å²) in [5, 5.41) is 9.45. The second-order valence-electron chi connectivity index (χ2n) is 4.54. The number of ketones is 1. The van der Waals surface area contributed by atoms with Crippen LogP contribution in [0.4, 0.5) is 0 Å². The van der Waals surface area contributed by atoms with Crippen LogP contribution in [0.1, 0.15) is 43.6 Å². The van der Waals surface area contributed by atoms with E-state index in [-0.39, 0.29) is 16.9 Å². The SMILES string of the molecule is CC(=O)c1cc(C(C)(C)C)ccc1O. The molecule has 1 aromatic rings. The minimum atomic E-state index is -0.103. The second-order valence-corrected chi connectivity index (χ2v) is 4.54. The molecule has 0 fully saturated rings. The van der Waals surface area contributed by atoms with Crippen molar-refractivity contribution in [3.05, 3.63) is 29.3 Å². The zero-order chi connectivity index (χ0) is 10.9. The first-order valence-electron chi connectivity index (χ1n) is 4.67. The number of Topliss-reactive ketones (excluding diaryl/α,β-unsaturated/α-hetero) is 1. The van der Waals surface area contributed by atoms with E-state index in [9.17, 15) is 9.90 Å². The van der Waals surface area contributed by atoms with Crippen LogP contribution < -0.4 is 0 Å². The largest absolute Gasteiger partial charge is 0.507 e. The van der Waals surface area contributed by atoms with E-state index < -0.39 is 0 Å². The summed E-state index contributed by atoms with van der Waals surface area (Å²) < 4.78 is 0. The molecule has 0 aliphatic rings. The summed E-state index contributed by atoms with van der Waals surface area (Å²) in [6, 6.07) is 5.19. The summed E-state index contributed by atoms with van der Waals surface area (Å²) in [5.74, 6) is -0.0425. The summed E-state index contributed by atoms with van der Waals surface area (Å²) in [4.78, 5) is 11.2. The molecule has 0 saturated heterocycles. The van der Waals surface area contributed by atoms with Gasteiger partial charge in [0.1, 0.15) is 5.75 Å². The molecule has 0 saturated carbocycles. The second kappa shape index (κ2) is 3.45. The van der Waals surface area contributed by atoms with Gasteiger partial charge in [0.15, 0.2) is 5.78 Å². The van der Waals surface area contributed by atoms with Crippen molar-refractivity contribution in [1.82, 2.24) is 0 Å². The Bertz CT molecular complexity index is 359. The molecule has 76 valence electrons. The van der Waals surface area contributed by atoms with Gasteiger partial charge in [-0.25, -0.2) is 0 Å². The van der Waals surface area contributed by atoms with Crippen molar-refractivity contribution in [2.45, 2.75) is 33.1 Å². The first-order valence-corrected chi connectivity index (χ1v) is 4.67. The lowest BCUT2D eigenvalue weighted by atomic mass is 9.85. The molecule has 0 aromatic heterocycles. The molecule has 1 rings (SSSR count). The highest BCUT2D eigenvalue weighted by molar-refractivity contribution is 5.96. The lowest BCUT2D eigenvalue weighted by Gasteiger charge is -2.19. The van der Waals surface area contributed by atoms with E-state index in [0.717, 1.165) is 5.56 Å². The van der Waals surface area contributed by atoms with Crippen LogP contribution in [-0.4, -0.2) is 10.9 Å². The normalized spacial score (nSPS) is 11.4. The number of phenols is 1. The molecule has 2 nitrogen and oxygen atoms in total. The van der Waals surface area contributed by atoms with Gasteiger partial charge in [-0.3, -0.25) is 4.79 Å². The van der Waals surface area contributed by atoms with E-state index in [0.29, 0.717) is 5.56 Å². The van der Waals surface area contributed by atoms with E-state index in [4.69, 9.17) is 0 Å². The Morgan fingerprint density at radius 1 is 1.29 bits per heavy atom. The molecule has 0 atom stereocenters. The molecule has 0 heterocycles. The maximum Gasteiger partial charge on any atom is 0.163 e. The maximum absolute atomic E-state index is 11.2. The number of carbonyl (C=O) groups excluding carboxylic acids is 1. The fourth-order valence-corrected chi connectivity index (χ4v) is 1.28. The third-order valence-electron chi connectivity index (χ3n) is 2.24. The minimum absolute atomic E-state index is 0.00208. The van der Waals surface area contributed by atoms with Gasteiger partial charge in [0, 0.05) is 0 Å². The standard InChI is InChI=1S/C12H16O2/c1-8(13)10-7-9(12(2,3)4)5-6-11(10)14/h5-7,14H,1-4H3. The number of phenolic OH excluding ortho intramolecular Hbond substituents is 1. The van der Waals surface area contributed by atoms with Crippen molar-refractivity contribution in [3.8, 4) is 5.75 Å². The van der Waals surface area contributed by atoms with Crippen LogP contribution in [0, 0.1) is 0 Å². The minimum Gasteiger partial charge on any atom is -0.507 e. The molecule has 0 unspecified atom stereocenters. The first-order chi connectivity index (χ1) is 6.32. The summed E-state index contributed by atoms with van der Waals surface area (Å²) in [6.07, 6.45) is 0. The molecule has 2 heteroatoms. The monoisotopic (exact) mass is 192 g/mol. The lowest BCUT2D eigenvalue weighted by molar-refractivity contribution is 0.101. The summed E-state index contributed by atoms with van der Waals surface area (Å²) in [7, 11) is 0. The molecule has 1 N–H and O–H groups in total. The van der Waals surface area contributed by atoms with Gasteiger partial charge in [0.25, 0.3) is 0 Å². The van der Waals surface area contributed by atoms with Gasteiger partial charge >= 0.3 is 0 Å². The third kappa shape index (κ3) is 2.13. The Hall–Kier alpha value is -1.31. The van der Waals surface area contributed by atoms with Crippen LogP contribution in [0.2, 0.25) is 0 Å². The van der Waals surface area contributed by atoms with E-state index >= 15 is 0 Å². The van der Waals surface area contributed by atoms with Crippen LogP contribution in [0.15, 0.2) is 18.2 Å². The van der Waals surface area contributed by atoms with Gasteiger partial charge in [-0.1, -0.05) is 26.8 Å². The Labute approximate surface area is 84.6 Å². The maximum atomic E-state index is 11.2. The van der Waals surface area contributed by atoms with Gasteiger partial charge in [0.05, 0.1) is 5.56 Å². The number of aromatic hydroxyl groups is 1. The molecular weight excluding hydrogens is 176 g/mol. The van der Waals surface area contributed by atoms with Crippen molar-refractivity contribution < 1.29 is 9.90 Å². The van der Waals surface area contributed by atoms with Gasteiger partial charge in [-0.2, -0.15) is 0 Å². The van der Waals surface area contributed by atoms with Crippen molar-refractivity contribution in [2.75, 3.05) is 0 Å². The third-order valence-corrected chi connectivity index (χ3v) is 2.24. The van der Waals surface area contributed by atoms with Crippen LogP contribution in [0.5, 0.6) is 5.75 Å². The number of carbonyl (C=O) groups is 1. The van der Waals surface area contributed by atoms with Crippen molar-refractivity contribution in [1.29, 1.82) is 0 Å². The van der Waals surface area contributed by atoms with Gasteiger partial charge < -0.3 is 5.11 Å². The highest BCUT2D eigenvalue weighted by atomic mass is 16.3. The first kappa shape index (κ1) is 10.8.